The average Bonchev–Trinajstić information content (AvgIpc) is 3.10. The van der Waals surface area contributed by atoms with Crippen molar-refractivity contribution >= 4 is 11.8 Å². The van der Waals surface area contributed by atoms with Crippen LogP contribution in [0.3, 0.4) is 0 Å². The first-order chi connectivity index (χ1) is 10.5. The molecule has 4 nitrogen and oxygen atoms in total. The summed E-state index contributed by atoms with van der Waals surface area (Å²) in [5, 5.41) is 2.88. The Balaban J connectivity index is 1.69. The summed E-state index contributed by atoms with van der Waals surface area (Å²) in [6.07, 6.45) is 5.54. The monoisotopic (exact) mass is 300 g/mol. The van der Waals surface area contributed by atoms with Crippen LogP contribution < -0.4 is 11.1 Å². The molecule has 0 spiro atoms. The van der Waals surface area contributed by atoms with E-state index in [2.05, 4.69) is 5.32 Å². The standard InChI is InChI=1S/C18H24N2O2/c1-18(17(19)22,15-5-3-2-4-6-15)20-16(21)11-14-10-12-7-8-13(14)9-12/h2-6,12-14H,7-11H2,1H3,(H2,19,22)(H,20,21)/t12-,13-,14+,18-/m0/s1. The second-order valence-corrected chi connectivity index (χ2v) is 7.04. The van der Waals surface area contributed by atoms with E-state index in [-0.39, 0.29) is 5.91 Å². The summed E-state index contributed by atoms with van der Waals surface area (Å²) in [5.74, 6) is 1.40. The Labute approximate surface area is 131 Å². The lowest BCUT2D eigenvalue weighted by atomic mass is 9.85. The van der Waals surface area contributed by atoms with Gasteiger partial charge in [0.15, 0.2) is 0 Å². The Morgan fingerprint density at radius 3 is 2.50 bits per heavy atom. The molecule has 0 saturated heterocycles. The number of hydrogen-bond acceptors (Lipinski definition) is 2. The number of hydrogen-bond donors (Lipinski definition) is 2. The van der Waals surface area contributed by atoms with Crippen molar-refractivity contribution < 1.29 is 9.59 Å². The van der Waals surface area contributed by atoms with Crippen LogP contribution in [0.5, 0.6) is 0 Å². The zero-order valence-electron chi connectivity index (χ0n) is 13.0. The molecular weight excluding hydrogens is 276 g/mol. The van der Waals surface area contributed by atoms with Gasteiger partial charge < -0.3 is 11.1 Å². The molecule has 0 heterocycles. The van der Waals surface area contributed by atoms with Crippen LogP contribution >= 0.6 is 0 Å². The van der Waals surface area contributed by atoms with Gasteiger partial charge in [-0.2, -0.15) is 0 Å². The number of carbonyl (C=O) groups is 2. The number of nitrogens with one attached hydrogen (secondary N) is 1. The minimum Gasteiger partial charge on any atom is -0.367 e. The molecule has 2 aliphatic carbocycles. The molecule has 2 amide bonds. The molecule has 4 heteroatoms. The molecule has 22 heavy (non-hydrogen) atoms. The highest BCUT2D eigenvalue weighted by atomic mass is 16.2. The average molecular weight is 300 g/mol. The summed E-state index contributed by atoms with van der Waals surface area (Å²) in [7, 11) is 0. The van der Waals surface area contributed by atoms with Crippen molar-refractivity contribution in [1.29, 1.82) is 0 Å². The summed E-state index contributed by atoms with van der Waals surface area (Å²) in [4.78, 5) is 24.4. The van der Waals surface area contributed by atoms with Crippen molar-refractivity contribution in [2.45, 2.75) is 44.6 Å². The van der Waals surface area contributed by atoms with Gasteiger partial charge in [-0.1, -0.05) is 36.8 Å². The number of amides is 2. The lowest BCUT2D eigenvalue weighted by molar-refractivity contribution is -0.132. The molecule has 2 saturated carbocycles. The van der Waals surface area contributed by atoms with Gasteiger partial charge >= 0.3 is 0 Å². The predicted molar refractivity (Wildman–Crippen MR) is 84.7 cm³/mol. The van der Waals surface area contributed by atoms with Crippen LogP contribution in [-0.2, 0) is 15.1 Å². The summed E-state index contributed by atoms with van der Waals surface area (Å²) in [5.41, 5.74) is 5.15. The zero-order chi connectivity index (χ0) is 15.7. The third-order valence-corrected chi connectivity index (χ3v) is 5.57. The Hall–Kier alpha value is -1.84. The highest BCUT2D eigenvalue weighted by Gasteiger charge is 2.41. The molecule has 118 valence electrons. The predicted octanol–water partition coefficient (Wildman–Crippen LogP) is 2.33. The molecule has 1 aromatic rings. The maximum atomic E-state index is 12.4. The Morgan fingerprint density at radius 1 is 1.23 bits per heavy atom. The molecule has 2 fully saturated rings. The minimum atomic E-state index is -1.14. The lowest BCUT2D eigenvalue weighted by Gasteiger charge is -2.29. The zero-order valence-corrected chi connectivity index (χ0v) is 13.0. The molecule has 0 aliphatic heterocycles. The smallest absolute Gasteiger partial charge is 0.247 e. The van der Waals surface area contributed by atoms with Crippen LogP contribution in [0.4, 0.5) is 0 Å². The SMILES string of the molecule is C[C@@](NC(=O)C[C@H]1C[C@H]2CC[C@H]1C2)(C(N)=O)c1ccccc1. The van der Waals surface area contributed by atoms with E-state index < -0.39 is 11.4 Å². The molecule has 2 aliphatic rings. The van der Waals surface area contributed by atoms with Gasteiger partial charge in [0.1, 0.15) is 5.54 Å². The van der Waals surface area contributed by atoms with Gasteiger partial charge in [0.25, 0.3) is 0 Å². The number of carbonyl (C=O) groups excluding carboxylic acids is 2. The fraction of sp³-hybridized carbons (Fsp3) is 0.556. The molecular formula is C18H24N2O2. The quantitative estimate of drug-likeness (QED) is 0.876. The second kappa shape index (κ2) is 5.75. The lowest BCUT2D eigenvalue weighted by Crippen LogP contribution is -2.53. The van der Waals surface area contributed by atoms with Crippen LogP contribution in [0.2, 0.25) is 0 Å². The summed E-state index contributed by atoms with van der Waals surface area (Å²) < 4.78 is 0. The highest BCUT2D eigenvalue weighted by Crippen LogP contribution is 2.49. The minimum absolute atomic E-state index is 0.0669. The van der Waals surface area contributed by atoms with E-state index in [0.29, 0.717) is 18.3 Å². The van der Waals surface area contributed by atoms with E-state index in [0.717, 1.165) is 17.9 Å². The van der Waals surface area contributed by atoms with E-state index in [1.165, 1.54) is 19.3 Å². The van der Waals surface area contributed by atoms with E-state index >= 15 is 0 Å². The van der Waals surface area contributed by atoms with E-state index in [9.17, 15) is 9.59 Å². The molecule has 0 radical (unpaired) electrons. The van der Waals surface area contributed by atoms with Gasteiger partial charge in [-0.05, 0) is 49.5 Å². The maximum absolute atomic E-state index is 12.4. The summed E-state index contributed by atoms with van der Waals surface area (Å²) in [6.45, 7) is 1.68. The van der Waals surface area contributed by atoms with Crippen LogP contribution in [0, 0.1) is 17.8 Å². The van der Waals surface area contributed by atoms with Gasteiger partial charge in [0, 0.05) is 6.42 Å². The van der Waals surface area contributed by atoms with Gasteiger partial charge in [-0.25, -0.2) is 0 Å². The topological polar surface area (TPSA) is 72.2 Å². The van der Waals surface area contributed by atoms with Crippen molar-refractivity contribution in [3.05, 3.63) is 35.9 Å². The largest absolute Gasteiger partial charge is 0.367 e. The molecule has 1 aromatic carbocycles. The number of primary amides is 1. The third kappa shape index (κ3) is 2.74. The van der Waals surface area contributed by atoms with Crippen molar-refractivity contribution in [3.8, 4) is 0 Å². The van der Waals surface area contributed by atoms with Gasteiger partial charge in [-0.3, -0.25) is 9.59 Å². The van der Waals surface area contributed by atoms with Gasteiger partial charge in [-0.15, -0.1) is 0 Å². The van der Waals surface area contributed by atoms with E-state index in [1.54, 1.807) is 6.92 Å². The Bertz CT molecular complexity index is 572. The molecule has 4 atom stereocenters. The fourth-order valence-corrected chi connectivity index (χ4v) is 4.24. The second-order valence-electron chi connectivity index (χ2n) is 7.04. The Kier molecular flexibility index (Phi) is 3.94. The van der Waals surface area contributed by atoms with E-state index in [1.807, 2.05) is 30.3 Å². The summed E-state index contributed by atoms with van der Waals surface area (Å²) in [6, 6.07) is 9.21. The molecule has 0 aromatic heterocycles. The van der Waals surface area contributed by atoms with Crippen LogP contribution in [0.25, 0.3) is 0 Å². The number of fused-ring (bicyclic) bond motifs is 2. The fourth-order valence-electron chi connectivity index (χ4n) is 4.24. The van der Waals surface area contributed by atoms with Crippen LogP contribution in [0.15, 0.2) is 30.3 Å². The molecule has 3 N–H and O–H groups in total. The number of rotatable bonds is 5. The normalized spacial score (nSPS) is 29.0. The summed E-state index contributed by atoms with van der Waals surface area (Å²) >= 11 is 0. The third-order valence-electron chi connectivity index (χ3n) is 5.57. The van der Waals surface area contributed by atoms with Crippen molar-refractivity contribution in [3.63, 3.8) is 0 Å². The van der Waals surface area contributed by atoms with Crippen molar-refractivity contribution in [2.75, 3.05) is 0 Å². The number of benzene rings is 1. The molecule has 0 unspecified atom stereocenters. The first-order valence-electron chi connectivity index (χ1n) is 8.15. The van der Waals surface area contributed by atoms with Crippen molar-refractivity contribution in [2.24, 2.45) is 23.5 Å². The molecule has 3 rings (SSSR count). The van der Waals surface area contributed by atoms with E-state index in [4.69, 9.17) is 5.73 Å². The molecule has 2 bridgehead atoms. The first-order valence-corrected chi connectivity index (χ1v) is 8.15. The van der Waals surface area contributed by atoms with Crippen LogP contribution in [-0.4, -0.2) is 11.8 Å². The first kappa shape index (κ1) is 15.1. The highest BCUT2D eigenvalue weighted by molar-refractivity contribution is 5.91. The van der Waals surface area contributed by atoms with Crippen LogP contribution in [0.1, 0.15) is 44.6 Å². The van der Waals surface area contributed by atoms with Crippen molar-refractivity contribution in [1.82, 2.24) is 5.32 Å². The maximum Gasteiger partial charge on any atom is 0.247 e. The Morgan fingerprint density at radius 2 is 1.95 bits per heavy atom. The van der Waals surface area contributed by atoms with Gasteiger partial charge in [0.05, 0.1) is 0 Å². The number of nitrogens with two attached hydrogens (primary N) is 1. The van der Waals surface area contributed by atoms with Gasteiger partial charge in [0.2, 0.25) is 11.8 Å².